The number of ether oxygens (including phenoxy) is 3. The van der Waals surface area contributed by atoms with Crippen LogP contribution >= 0.6 is 11.6 Å². The van der Waals surface area contributed by atoms with Crippen LogP contribution in [0.1, 0.15) is 11.1 Å². The SMILES string of the molecule is COc1cc(CC(=O)Nc2ccc(C)c(Cl)c2)cc(OC)c1OC. The first-order valence-corrected chi connectivity index (χ1v) is 7.71. The molecule has 0 unspecified atom stereocenters. The Hall–Kier alpha value is -2.40. The second-order valence-corrected chi connectivity index (χ2v) is 5.63. The summed E-state index contributed by atoms with van der Waals surface area (Å²) < 4.78 is 15.9. The highest BCUT2D eigenvalue weighted by Gasteiger charge is 2.15. The third-order valence-corrected chi connectivity index (χ3v) is 3.95. The van der Waals surface area contributed by atoms with Crippen LogP contribution in [0.25, 0.3) is 0 Å². The van der Waals surface area contributed by atoms with Crippen LogP contribution in [0.3, 0.4) is 0 Å². The van der Waals surface area contributed by atoms with Crippen molar-refractivity contribution in [3.05, 3.63) is 46.5 Å². The largest absolute Gasteiger partial charge is 0.493 e. The number of rotatable bonds is 6. The second kappa shape index (κ2) is 7.93. The molecule has 128 valence electrons. The summed E-state index contributed by atoms with van der Waals surface area (Å²) in [6, 6.07) is 8.90. The third kappa shape index (κ3) is 4.11. The summed E-state index contributed by atoms with van der Waals surface area (Å²) in [6.07, 6.45) is 0.169. The van der Waals surface area contributed by atoms with Gasteiger partial charge in [0.2, 0.25) is 11.7 Å². The molecule has 0 heterocycles. The number of hydrogen-bond acceptors (Lipinski definition) is 4. The molecular weight excluding hydrogens is 330 g/mol. The Morgan fingerprint density at radius 2 is 1.67 bits per heavy atom. The molecule has 0 saturated carbocycles. The summed E-state index contributed by atoms with van der Waals surface area (Å²) in [5.74, 6) is 1.36. The lowest BCUT2D eigenvalue weighted by Gasteiger charge is -2.14. The van der Waals surface area contributed by atoms with Gasteiger partial charge < -0.3 is 19.5 Å². The van der Waals surface area contributed by atoms with Crippen LogP contribution in [0.2, 0.25) is 5.02 Å². The van der Waals surface area contributed by atoms with Crippen molar-refractivity contribution >= 4 is 23.2 Å². The van der Waals surface area contributed by atoms with E-state index in [9.17, 15) is 4.79 Å². The predicted molar refractivity (Wildman–Crippen MR) is 94.6 cm³/mol. The van der Waals surface area contributed by atoms with Crippen molar-refractivity contribution in [1.82, 2.24) is 0 Å². The zero-order valence-electron chi connectivity index (χ0n) is 14.1. The lowest BCUT2D eigenvalue weighted by molar-refractivity contribution is -0.115. The zero-order valence-corrected chi connectivity index (χ0v) is 14.9. The normalized spacial score (nSPS) is 10.2. The molecule has 1 N–H and O–H groups in total. The summed E-state index contributed by atoms with van der Waals surface area (Å²) in [5.41, 5.74) is 2.36. The zero-order chi connectivity index (χ0) is 17.7. The minimum absolute atomic E-state index is 0.163. The van der Waals surface area contributed by atoms with Crippen LogP contribution in [0.4, 0.5) is 5.69 Å². The lowest BCUT2D eigenvalue weighted by atomic mass is 10.1. The quantitative estimate of drug-likeness (QED) is 0.860. The van der Waals surface area contributed by atoms with Gasteiger partial charge in [0.25, 0.3) is 0 Å². The van der Waals surface area contributed by atoms with Crippen LogP contribution in [-0.2, 0) is 11.2 Å². The summed E-state index contributed by atoms with van der Waals surface area (Å²) in [4.78, 5) is 12.3. The smallest absolute Gasteiger partial charge is 0.228 e. The molecule has 0 aliphatic heterocycles. The number of halogens is 1. The van der Waals surface area contributed by atoms with Gasteiger partial charge in [0.1, 0.15) is 0 Å². The van der Waals surface area contributed by atoms with Gasteiger partial charge >= 0.3 is 0 Å². The standard InChI is InChI=1S/C18H20ClNO4/c1-11-5-6-13(10-14(11)19)20-17(21)9-12-7-15(22-2)18(24-4)16(8-12)23-3/h5-8,10H,9H2,1-4H3,(H,20,21). The minimum Gasteiger partial charge on any atom is -0.493 e. The van der Waals surface area contributed by atoms with Crippen molar-refractivity contribution in [3.8, 4) is 17.2 Å². The summed E-state index contributed by atoms with van der Waals surface area (Å²) in [6.45, 7) is 1.91. The predicted octanol–water partition coefficient (Wildman–Crippen LogP) is 3.86. The molecule has 0 aliphatic rings. The van der Waals surface area contributed by atoms with Crippen molar-refractivity contribution in [1.29, 1.82) is 0 Å². The maximum absolute atomic E-state index is 12.3. The average molecular weight is 350 g/mol. The first-order chi connectivity index (χ1) is 11.5. The Labute approximate surface area is 146 Å². The molecule has 2 aromatic rings. The van der Waals surface area contributed by atoms with Crippen LogP contribution in [0.5, 0.6) is 17.2 Å². The summed E-state index contributed by atoms with van der Waals surface area (Å²) in [7, 11) is 4.61. The van der Waals surface area contributed by atoms with Gasteiger partial charge in [-0.15, -0.1) is 0 Å². The van der Waals surface area contributed by atoms with Gasteiger partial charge in [-0.3, -0.25) is 4.79 Å². The number of methoxy groups -OCH3 is 3. The van der Waals surface area contributed by atoms with Gasteiger partial charge in [-0.05, 0) is 42.3 Å². The maximum Gasteiger partial charge on any atom is 0.228 e. The molecule has 0 radical (unpaired) electrons. The molecule has 0 aliphatic carbocycles. The van der Waals surface area contributed by atoms with Gasteiger partial charge in [0.15, 0.2) is 11.5 Å². The Morgan fingerprint density at radius 3 is 2.17 bits per heavy atom. The van der Waals surface area contributed by atoms with Gasteiger partial charge in [-0.2, -0.15) is 0 Å². The van der Waals surface area contributed by atoms with Crippen LogP contribution < -0.4 is 19.5 Å². The Kier molecular flexibility index (Phi) is 5.93. The van der Waals surface area contributed by atoms with Crippen LogP contribution in [-0.4, -0.2) is 27.2 Å². The fraction of sp³-hybridized carbons (Fsp3) is 0.278. The van der Waals surface area contributed by atoms with E-state index in [1.54, 1.807) is 18.2 Å². The highest BCUT2D eigenvalue weighted by Crippen LogP contribution is 2.38. The van der Waals surface area contributed by atoms with Gasteiger partial charge in [0, 0.05) is 10.7 Å². The van der Waals surface area contributed by atoms with Gasteiger partial charge in [-0.25, -0.2) is 0 Å². The third-order valence-electron chi connectivity index (χ3n) is 3.54. The monoisotopic (exact) mass is 349 g/mol. The van der Waals surface area contributed by atoms with Crippen molar-refractivity contribution in [2.45, 2.75) is 13.3 Å². The van der Waals surface area contributed by atoms with Crippen molar-refractivity contribution < 1.29 is 19.0 Å². The topological polar surface area (TPSA) is 56.8 Å². The van der Waals surface area contributed by atoms with E-state index < -0.39 is 0 Å². The lowest BCUT2D eigenvalue weighted by Crippen LogP contribution is -2.14. The number of carbonyl (C=O) groups excluding carboxylic acids is 1. The van der Waals surface area contributed by atoms with Gasteiger partial charge in [0.05, 0.1) is 27.8 Å². The van der Waals surface area contributed by atoms with Crippen LogP contribution in [0, 0.1) is 6.92 Å². The minimum atomic E-state index is -0.163. The molecule has 1 amide bonds. The van der Waals surface area contributed by atoms with E-state index in [1.165, 1.54) is 21.3 Å². The number of nitrogens with one attached hydrogen (secondary N) is 1. The number of carbonyl (C=O) groups is 1. The molecule has 0 fully saturated rings. The number of amides is 1. The maximum atomic E-state index is 12.3. The molecule has 0 aromatic heterocycles. The van der Waals surface area contributed by atoms with E-state index in [-0.39, 0.29) is 12.3 Å². The molecule has 0 atom stereocenters. The Morgan fingerprint density at radius 1 is 1.04 bits per heavy atom. The summed E-state index contributed by atoms with van der Waals surface area (Å²) >= 11 is 6.07. The first-order valence-electron chi connectivity index (χ1n) is 7.33. The van der Waals surface area contributed by atoms with Crippen molar-refractivity contribution in [3.63, 3.8) is 0 Å². The van der Waals surface area contributed by atoms with Crippen molar-refractivity contribution in [2.75, 3.05) is 26.6 Å². The summed E-state index contributed by atoms with van der Waals surface area (Å²) in [5, 5.41) is 3.44. The Bertz CT molecular complexity index is 721. The molecule has 2 rings (SSSR count). The number of hydrogen-bond donors (Lipinski definition) is 1. The number of aryl methyl sites for hydroxylation is 1. The molecule has 2 aromatic carbocycles. The molecule has 24 heavy (non-hydrogen) atoms. The van der Waals surface area contributed by atoms with Crippen LogP contribution in [0.15, 0.2) is 30.3 Å². The molecule has 6 heteroatoms. The van der Waals surface area contributed by atoms with E-state index in [4.69, 9.17) is 25.8 Å². The average Bonchev–Trinajstić information content (AvgIpc) is 2.57. The Balaban J connectivity index is 2.17. The molecule has 0 saturated heterocycles. The first kappa shape index (κ1) is 17.9. The van der Waals surface area contributed by atoms with E-state index >= 15 is 0 Å². The second-order valence-electron chi connectivity index (χ2n) is 5.22. The van der Waals surface area contributed by atoms with Crippen molar-refractivity contribution in [2.24, 2.45) is 0 Å². The molecule has 5 nitrogen and oxygen atoms in total. The highest BCUT2D eigenvalue weighted by atomic mass is 35.5. The number of benzene rings is 2. The molecular formula is C18H20ClNO4. The van der Waals surface area contributed by atoms with Gasteiger partial charge in [-0.1, -0.05) is 17.7 Å². The highest BCUT2D eigenvalue weighted by molar-refractivity contribution is 6.31. The van der Waals surface area contributed by atoms with E-state index in [0.29, 0.717) is 28.0 Å². The fourth-order valence-corrected chi connectivity index (χ4v) is 2.48. The molecule has 0 spiro atoms. The van der Waals surface area contributed by atoms with E-state index in [1.807, 2.05) is 19.1 Å². The van der Waals surface area contributed by atoms with E-state index in [2.05, 4.69) is 5.32 Å². The number of anilines is 1. The molecule has 0 bridgehead atoms. The fourth-order valence-electron chi connectivity index (χ4n) is 2.30. The van der Waals surface area contributed by atoms with E-state index in [0.717, 1.165) is 11.1 Å².